The molecule has 2 heterocycles. The summed E-state index contributed by atoms with van der Waals surface area (Å²) in [6, 6.07) is 2.84. The van der Waals surface area contributed by atoms with E-state index in [1.54, 1.807) is 0 Å². The molecule has 1 aromatic rings. The highest BCUT2D eigenvalue weighted by Gasteiger charge is 2.39. The first-order chi connectivity index (χ1) is 10.2. The van der Waals surface area contributed by atoms with E-state index < -0.39 is 0 Å². The summed E-state index contributed by atoms with van der Waals surface area (Å²) in [5.41, 5.74) is 1.60. The highest BCUT2D eigenvalue weighted by molar-refractivity contribution is 5.04. The van der Waals surface area contributed by atoms with Crippen molar-refractivity contribution < 1.29 is 0 Å². The third kappa shape index (κ3) is 3.49. The average Bonchev–Trinajstić information content (AvgIpc) is 2.88. The molecule has 2 aliphatic rings. The van der Waals surface area contributed by atoms with Crippen molar-refractivity contribution in [3.05, 3.63) is 18.0 Å². The summed E-state index contributed by atoms with van der Waals surface area (Å²) in [4.78, 5) is 2.70. The van der Waals surface area contributed by atoms with E-state index in [0.29, 0.717) is 11.6 Å². The Morgan fingerprint density at radius 1 is 1.33 bits per heavy atom. The van der Waals surface area contributed by atoms with Crippen molar-refractivity contribution in [3.8, 4) is 0 Å². The lowest BCUT2D eigenvalue weighted by molar-refractivity contribution is 0.0452. The zero-order chi connectivity index (χ0) is 14.7. The zero-order valence-electron chi connectivity index (χ0n) is 13.6. The van der Waals surface area contributed by atoms with E-state index in [-0.39, 0.29) is 0 Å². The van der Waals surface area contributed by atoms with Crippen molar-refractivity contribution in [3.63, 3.8) is 0 Å². The van der Waals surface area contributed by atoms with Gasteiger partial charge in [0.05, 0.1) is 5.69 Å². The van der Waals surface area contributed by atoms with E-state index in [4.69, 9.17) is 0 Å². The number of hydrogen-bond donors (Lipinski definition) is 1. The predicted molar refractivity (Wildman–Crippen MR) is 86.1 cm³/mol. The molecule has 1 spiro atoms. The van der Waals surface area contributed by atoms with E-state index in [2.05, 4.69) is 34.5 Å². The molecule has 2 fully saturated rings. The van der Waals surface area contributed by atoms with Crippen LogP contribution in [0.15, 0.2) is 12.3 Å². The third-order valence-electron chi connectivity index (χ3n) is 5.30. The van der Waals surface area contributed by atoms with Crippen LogP contribution in [0.1, 0.15) is 57.6 Å². The minimum absolute atomic E-state index is 0.386. The van der Waals surface area contributed by atoms with Gasteiger partial charge in [0.25, 0.3) is 0 Å². The lowest BCUT2D eigenvalue weighted by Crippen LogP contribution is -2.64. The van der Waals surface area contributed by atoms with E-state index >= 15 is 0 Å². The molecular weight excluding hydrogens is 260 g/mol. The molecule has 0 radical (unpaired) electrons. The maximum atomic E-state index is 4.59. The van der Waals surface area contributed by atoms with Gasteiger partial charge in [0.15, 0.2) is 0 Å². The first-order valence-electron chi connectivity index (χ1n) is 8.68. The van der Waals surface area contributed by atoms with Gasteiger partial charge in [0.1, 0.15) is 0 Å². The summed E-state index contributed by atoms with van der Waals surface area (Å²) >= 11 is 0. The number of hydrogen-bond acceptors (Lipinski definition) is 3. The standard InChI is InChI=1S/C17H30N4/c1-3-7-16-12-18-17(9-5-4-6-10-17)14-21(16)13-15-8-11-20(2)19-15/h8,11,16,18H,3-7,9-10,12-14H2,1-2H3. The van der Waals surface area contributed by atoms with Crippen LogP contribution in [0.4, 0.5) is 0 Å². The van der Waals surface area contributed by atoms with Crippen molar-refractivity contribution >= 4 is 0 Å². The summed E-state index contributed by atoms with van der Waals surface area (Å²) in [5, 5.41) is 8.51. The second kappa shape index (κ2) is 6.49. The Kier molecular flexibility index (Phi) is 4.65. The Morgan fingerprint density at radius 3 is 2.81 bits per heavy atom. The van der Waals surface area contributed by atoms with Crippen molar-refractivity contribution in [2.24, 2.45) is 7.05 Å². The molecule has 0 bridgehead atoms. The Morgan fingerprint density at radius 2 is 2.14 bits per heavy atom. The van der Waals surface area contributed by atoms with Gasteiger partial charge in [0, 0.05) is 44.5 Å². The van der Waals surface area contributed by atoms with E-state index in [0.717, 1.165) is 13.1 Å². The van der Waals surface area contributed by atoms with Crippen molar-refractivity contribution in [1.29, 1.82) is 0 Å². The van der Waals surface area contributed by atoms with Gasteiger partial charge in [0.2, 0.25) is 0 Å². The van der Waals surface area contributed by atoms with Crippen LogP contribution in [0.25, 0.3) is 0 Å². The zero-order valence-corrected chi connectivity index (χ0v) is 13.6. The maximum Gasteiger partial charge on any atom is 0.0764 e. The molecule has 0 aromatic carbocycles. The van der Waals surface area contributed by atoms with Gasteiger partial charge >= 0.3 is 0 Å². The Balaban J connectivity index is 1.71. The van der Waals surface area contributed by atoms with Gasteiger partial charge in [-0.15, -0.1) is 0 Å². The topological polar surface area (TPSA) is 33.1 Å². The number of nitrogens with zero attached hydrogens (tertiary/aromatic N) is 3. The third-order valence-corrected chi connectivity index (χ3v) is 5.30. The second-order valence-corrected chi connectivity index (χ2v) is 7.05. The molecule has 3 rings (SSSR count). The molecular formula is C17H30N4. The van der Waals surface area contributed by atoms with E-state index in [1.165, 1.54) is 57.2 Å². The predicted octanol–water partition coefficient (Wildman–Crippen LogP) is 2.70. The molecule has 4 heteroatoms. The highest BCUT2D eigenvalue weighted by Crippen LogP contribution is 2.33. The van der Waals surface area contributed by atoms with Gasteiger partial charge in [-0.3, -0.25) is 9.58 Å². The minimum Gasteiger partial charge on any atom is -0.308 e. The minimum atomic E-state index is 0.386. The molecule has 1 unspecified atom stereocenters. The number of piperazine rings is 1. The fourth-order valence-electron chi connectivity index (χ4n) is 4.16. The van der Waals surface area contributed by atoms with Gasteiger partial charge in [-0.1, -0.05) is 32.6 Å². The van der Waals surface area contributed by atoms with Crippen LogP contribution in [-0.4, -0.2) is 39.4 Å². The average molecular weight is 290 g/mol. The molecule has 118 valence electrons. The second-order valence-electron chi connectivity index (χ2n) is 7.05. The largest absolute Gasteiger partial charge is 0.308 e. The lowest BCUT2D eigenvalue weighted by atomic mass is 9.79. The summed E-state index contributed by atoms with van der Waals surface area (Å²) < 4.78 is 1.92. The number of nitrogens with one attached hydrogen (secondary N) is 1. The van der Waals surface area contributed by atoms with Crippen LogP contribution in [0.3, 0.4) is 0 Å². The van der Waals surface area contributed by atoms with Gasteiger partial charge in [-0.2, -0.15) is 5.10 Å². The van der Waals surface area contributed by atoms with Crippen LogP contribution >= 0.6 is 0 Å². The fourth-order valence-corrected chi connectivity index (χ4v) is 4.16. The van der Waals surface area contributed by atoms with Gasteiger partial charge in [-0.05, 0) is 25.3 Å². The van der Waals surface area contributed by atoms with Crippen molar-refractivity contribution in [2.45, 2.75) is 70.0 Å². The highest BCUT2D eigenvalue weighted by atomic mass is 15.3. The lowest BCUT2D eigenvalue weighted by Gasteiger charge is -2.49. The van der Waals surface area contributed by atoms with Crippen LogP contribution in [0.5, 0.6) is 0 Å². The molecule has 1 aliphatic heterocycles. The van der Waals surface area contributed by atoms with E-state index in [9.17, 15) is 0 Å². The van der Waals surface area contributed by atoms with Crippen LogP contribution < -0.4 is 5.32 Å². The molecule has 21 heavy (non-hydrogen) atoms. The smallest absolute Gasteiger partial charge is 0.0764 e. The molecule has 0 amide bonds. The molecule has 1 aliphatic carbocycles. The fraction of sp³-hybridized carbons (Fsp3) is 0.824. The maximum absolute atomic E-state index is 4.59. The number of aryl methyl sites for hydroxylation is 1. The Labute approximate surface area is 128 Å². The first kappa shape index (κ1) is 15.0. The molecule has 1 N–H and O–H groups in total. The number of rotatable bonds is 4. The Hall–Kier alpha value is -0.870. The quantitative estimate of drug-likeness (QED) is 0.925. The van der Waals surface area contributed by atoms with Crippen molar-refractivity contribution in [1.82, 2.24) is 20.0 Å². The van der Waals surface area contributed by atoms with Crippen LogP contribution in [0, 0.1) is 0 Å². The van der Waals surface area contributed by atoms with Gasteiger partial charge < -0.3 is 5.32 Å². The Bertz CT molecular complexity index is 447. The summed E-state index contributed by atoms with van der Waals surface area (Å²) in [5.74, 6) is 0. The summed E-state index contributed by atoms with van der Waals surface area (Å²) in [6.07, 6.45) is 11.5. The van der Waals surface area contributed by atoms with Crippen molar-refractivity contribution in [2.75, 3.05) is 13.1 Å². The van der Waals surface area contributed by atoms with Crippen LogP contribution in [-0.2, 0) is 13.6 Å². The molecule has 1 aromatic heterocycles. The molecule has 4 nitrogen and oxygen atoms in total. The van der Waals surface area contributed by atoms with Gasteiger partial charge in [-0.25, -0.2) is 0 Å². The normalized spacial score (nSPS) is 26.3. The monoisotopic (exact) mass is 290 g/mol. The summed E-state index contributed by atoms with van der Waals surface area (Å²) in [7, 11) is 2.01. The SMILES string of the molecule is CCCC1CNC2(CCCCC2)CN1Cc1ccn(C)n1. The molecule has 1 saturated carbocycles. The molecule has 1 saturated heterocycles. The number of aromatic nitrogens is 2. The first-order valence-corrected chi connectivity index (χ1v) is 8.68. The summed E-state index contributed by atoms with van der Waals surface area (Å²) in [6.45, 7) is 5.66. The van der Waals surface area contributed by atoms with Crippen LogP contribution in [0.2, 0.25) is 0 Å². The van der Waals surface area contributed by atoms with E-state index in [1.807, 2.05) is 11.7 Å². The molecule has 1 atom stereocenters.